The Morgan fingerprint density at radius 3 is 2.69 bits per heavy atom. The van der Waals surface area contributed by atoms with E-state index in [0.29, 0.717) is 5.56 Å². The Morgan fingerprint density at radius 1 is 1.17 bits per heavy atom. The maximum Gasteiger partial charge on any atom is 0.310 e. The van der Waals surface area contributed by atoms with Crippen LogP contribution in [-0.2, 0) is 14.3 Å². The van der Waals surface area contributed by atoms with Gasteiger partial charge in [-0.2, -0.15) is 5.26 Å². The highest BCUT2D eigenvalue weighted by Crippen LogP contribution is 2.45. The van der Waals surface area contributed by atoms with Gasteiger partial charge in [-0.05, 0) is 31.1 Å². The molecule has 29 heavy (non-hydrogen) atoms. The zero-order valence-corrected chi connectivity index (χ0v) is 16.4. The molecule has 2 fully saturated rings. The van der Waals surface area contributed by atoms with Crippen LogP contribution in [0.2, 0.25) is 0 Å². The number of pyridine rings is 1. The van der Waals surface area contributed by atoms with Gasteiger partial charge in [0.1, 0.15) is 11.9 Å². The molecule has 5 nitrogen and oxygen atoms in total. The summed E-state index contributed by atoms with van der Waals surface area (Å²) in [4.78, 5) is 29.0. The van der Waals surface area contributed by atoms with Crippen molar-refractivity contribution in [1.29, 1.82) is 5.26 Å². The SMILES string of the molecule is C[C@@H]1C(=O)C[C@H]2C(=O)O[C@H](C)[C@H]2[C@H]1/C=C/c1ccc(-c2ccccc2C#N)cn1. The van der Waals surface area contributed by atoms with Crippen molar-refractivity contribution in [1.82, 2.24) is 4.98 Å². The Balaban J connectivity index is 1.58. The van der Waals surface area contributed by atoms with Gasteiger partial charge in [-0.15, -0.1) is 0 Å². The molecular weight excluding hydrogens is 364 g/mol. The molecular formula is C24H22N2O3. The van der Waals surface area contributed by atoms with Crippen LogP contribution in [-0.4, -0.2) is 22.8 Å². The first-order valence-corrected chi connectivity index (χ1v) is 9.86. The van der Waals surface area contributed by atoms with E-state index >= 15 is 0 Å². The molecule has 5 heteroatoms. The van der Waals surface area contributed by atoms with E-state index in [1.165, 1.54) is 0 Å². The van der Waals surface area contributed by atoms with Gasteiger partial charge in [0.05, 0.1) is 23.2 Å². The first kappa shape index (κ1) is 19.1. The molecule has 1 saturated carbocycles. The molecule has 0 radical (unpaired) electrons. The van der Waals surface area contributed by atoms with Gasteiger partial charge in [-0.3, -0.25) is 14.6 Å². The minimum Gasteiger partial charge on any atom is -0.462 e. The molecule has 1 aromatic carbocycles. The Labute approximate surface area is 170 Å². The number of Topliss-reactive ketones (excluding diaryl/α,β-unsaturated/α-hetero) is 1. The predicted octanol–water partition coefficient (Wildman–Crippen LogP) is 4.04. The van der Waals surface area contributed by atoms with Gasteiger partial charge in [-0.1, -0.05) is 37.3 Å². The fourth-order valence-corrected chi connectivity index (χ4v) is 4.58. The standard InChI is InChI=1S/C24H22N2O3/c1-14-19(23-15(2)29-24(28)21(23)11-22(14)27)10-9-18-8-7-17(13-26-18)20-6-4-3-5-16(20)12-25/h3-10,13-15,19,21,23H,11H2,1-2H3/b10-9+/t14-,15+,19-,21+,23-/m0/s1. The highest BCUT2D eigenvalue weighted by Gasteiger charge is 2.52. The molecule has 0 bridgehead atoms. The Hall–Kier alpha value is -3.26. The van der Waals surface area contributed by atoms with E-state index in [9.17, 15) is 14.9 Å². The second-order valence-corrected chi connectivity index (χ2v) is 7.85. The smallest absolute Gasteiger partial charge is 0.310 e. The second-order valence-electron chi connectivity index (χ2n) is 7.85. The number of rotatable bonds is 3. The number of aromatic nitrogens is 1. The van der Waals surface area contributed by atoms with Crippen molar-refractivity contribution >= 4 is 17.8 Å². The minimum atomic E-state index is -0.332. The van der Waals surface area contributed by atoms with Crippen LogP contribution in [0.4, 0.5) is 0 Å². The van der Waals surface area contributed by atoms with E-state index in [4.69, 9.17) is 4.74 Å². The van der Waals surface area contributed by atoms with Crippen molar-refractivity contribution in [3.05, 3.63) is 59.9 Å². The van der Waals surface area contributed by atoms with Gasteiger partial charge < -0.3 is 4.74 Å². The van der Waals surface area contributed by atoms with E-state index in [1.807, 2.05) is 56.3 Å². The van der Waals surface area contributed by atoms with Crippen molar-refractivity contribution in [2.45, 2.75) is 26.4 Å². The van der Waals surface area contributed by atoms with Crippen LogP contribution in [0.1, 0.15) is 31.5 Å². The number of nitriles is 1. The van der Waals surface area contributed by atoms with Crippen LogP contribution in [0, 0.1) is 35.0 Å². The molecule has 146 valence electrons. The van der Waals surface area contributed by atoms with Gasteiger partial charge >= 0.3 is 5.97 Å². The Bertz CT molecular complexity index is 1020. The normalized spacial score (nSPS) is 28.8. The number of cyclic esters (lactones) is 1. The molecule has 2 aliphatic rings. The van der Waals surface area contributed by atoms with E-state index in [2.05, 4.69) is 11.1 Å². The van der Waals surface area contributed by atoms with Crippen LogP contribution in [0.25, 0.3) is 17.2 Å². The number of carbonyl (C=O) groups is 2. The van der Waals surface area contributed by atoms with Crippen molar-refractivity contribution in [2.24, 2.45) is 23.7 Å². The summed E-state index contributed by atoms with van der Waals surface area (Å²) in [6.45, 7) is 3.84. The summed E-state index contributed by atoms with van der Waals surface area (Å²) in [5.41, 5.74) is 3.10. The molecule has 0 unspecified atom stereocenters. The Kier molecular flexibility index (Phi) is 5.02. The largest absolute Gasteiger partial charge is 0.462 e. The molecule has 0 spiro atoms. The molecule has 2 heterocycles. The number of ether oxygens (including phenoxy) is 1. The number of hydrogen-bond acceptors (Lipinski definition) is 5. The van der Waals surface area contributed by atoms with Crippen LogP contribution < -0.4 is 0 Å². The van der Waals surface area contributed by atoms with E-state index in [-0.39, 0.29) is 47.9 Å². The fourth-order valence-electron chi connectivity index (χ4n) is 4.58. The number of nitrogens with zero attached hydrogens (tertiary/aromatic N) is 2. The number of benzene rings is 1. The van der Waals surface area contributed by atoms with E-state index < -0.39 is 0 Å². The minimum absolute atomic E-state index is 0.0215. The first-order chi connectivity index (χ1) is 14.0. The van der Waals surface area contributed by atoms with Gasteiger partial charge in [-0.25, -0.2) is 0 Å². The lowest BCUT2D eigenvalue weighted by atomic mass is 9.65. The van der Waals surface area contributed by atoms with Gasteiger partial charge in [0.15, 0.2) is 0 Å². The maximum absolute atomic E-state index is 12.4. The third kappa shape index (κ3) is 3.47. The monoisotopic (exact) mass is 386 g/mol. The summed E-state index contributed by atoms with van der Waals surface area (Å²) in [5.74, 6) is -0.646. The fraction of sp³-hybridized carbons (Fsp3) is 0.333. The zero-order valence-electron chi connectivity index (χ0n) is 16.4. The number of ketones is 1. The molecule has 0 amide bonds. The molecule has 0 N–H and O–H groups in total. The topological polar surface area (TPSA) is 80.0 Å². The third-order valence-corrected chi connectivity index (χ3v) is 6.20. The maximum atomic E-state index is 12.4. The number of hydrogen-bond donors (Lipinski definition) is 0. The number of esters is 1. The third-order valence-electron chi connectivity index (χ3n) is 6.20. The lowest BCUT2D eigenvalue weighted by Gasteiger charge is -2.34. The highest BCUT2D eigenvalue weighted by atomic mass is 16.6. The molecule has 1 saturated heterocycles. The number of carbonyl (C=O) groups excluding carboxylic acids is 2. The van der Waals surface area contributed by atoms with Crippen LogP contribution in [0.15, 0.2) is 48.7 Å². The summed E-state index contributed by atoms with van der Waals surface area (Å²) >= 11 is 0. The van der Waals surface area contributed by atoms with Crippen molar-refractivity contribution in [3.63, 3.8) is 0 Å². The molecule has 2 aromatic rings. The average Bonchev–Trinajstić information content (AvgIpc) is 3.01. The van der Waals surface area contributed by atoms with Gasteiger partial charge in [0.25, 0.3) is 0 Å². The van der Waals surface area contributed by atoms with E-state index in [1.54, 1.807) is 12.3 Å². The van der Waals surface area contributed by atoms with Crippen LogP contribution in [0.5, 0.6) is 0 Å². The predicted molar refractivity (Wildman–Crippen MR) is 108 cm³/mol. The molecule has 1 aliphatic heterocycles. The van der Waals surface area contributed by atoms with Crippen molar-refractivity contribution in [2.75, 3.05) is 0 Å². The van der Waals surface area contributed by atoms with E-state index in [0.717, 1.165) is 16.8 Å². The molecule has 4 rings (SSSR count). The summed E-state index contributed by atoms with van der Waals surface area (Å²) in [6, 6.07) is 13.5. The lowest BCUT2D eigenvalue weighted by Crippen LogP contribution is -2.40. The van der Waals surface area contributed by atoms with Crippen molar-refractivity contribution < 1.29 is 14.3 Å². The van der Waals surface area contributed by atoms with Gasteiger partial charge in [0.2, 0.25) is 0 Å². The summed E-state index contributed by atoms with van der Waals surface area (Å²) < 4.78 is 5.41. The van der Waals surface area contributed by atoms with Crippen LogP contribution in [0.3, 0.4) is 0 Å². The number of fused-ring (bicyclic) bond motifs is 1. The Morgan fingerprint density at radius 2 is 1.97 bits per heavy atom. The first-order valence-electron chi connectivity index (χ1n) is 9.86. The number of allylic oxidation sites excluding steroid dienone is 1. The summed E-state index contributed by atoms with van der Waals surface area (Å²) in [6.07, 6.45) is 5.76. The average molecular weight is 386 g/mol. The van der Waals surface area contributed by atoms with Gasteiger partial charge in [0, 0.05) is 35.6 Å². The quantitative estimate of drug-likeness (QED) is 0.744. The van der Waals surface area contributed by atoms with Crippen LogP contribution >= 0.6 is 0 Å². The lowest BCUT2D eigenvalue weighted by molar-refractivity contribution is -0.145. The molecule has 1 aliphatic carbocycles. The van der Waals surface area contributed by atoms with Crippen molar-refractivity contribution in [3.8, 4) is 17.2 Å². The summed E-state index contributed by atoms with van der Waals surface area (Å²) in [7, 11) is 0. The second kappa shape index (κ2) is 7.63. The zero-order chi connectivity index (χ0) is 20.5. The molecule has 1 aromatic heterocycles. The highest BCUT2D eigenvalue weighted by molar-refractivity contribution is 5.89. The molecule has 5 atom stereocenters. The summed E-state index contributed by atoms with van der Waals surface area (Å²) in [5, 5.41) is 9.28.